The maximum Gasteiger partial charge on any atom is 0.223 e. The van der Waals surface area contributed by atoms with Gasteiger partial charge in [-0.05, 0) is 68.4 Å². The number of rotatable bonds is 5. The Bertz CT molecular complexity index is 1080. The van der Waals surface area contributed by atoms with Crippen molar-refractivity contribution in [3.8, 4) is 11.1 Å². The minimum atomic E-state index is -0.257. The SMILES string of the molecule is Cc1ncc(-c2ccncc2C)c(C2CCCCN2C(=O)CCc2ccccc2F)n1. The zero-order chi connectivity index (χ0) is 21.8. The Labute approximate surface area is 182 Å². The number of pyridine rings is 1. The molecular formula is C25H27FN4O. The van der Waals surface area contributed by atoms with Crippen LogP contribution in [-0.2, 0) is 11.2 Å². The van der Waals surface area contributed by atoms with E-state index in [-0.39, 0.29) is 24.2 Å². The number of halogens is 1. The number of piperidine rings is 1. The molecule has 0 N–H and O–H groups in total. The number of hydrogen-bond acceptors (Lipinski definition) is 4. The third-order valence-electron chi connectivity index (χ3n) is 5.95. The average Bonchev–Trinajstić information content (AvgIpc) is 2.79. The van der Waals surface area contributed by atoms with Crippen LogP contribution in [0.15, 0.2) is 48.9 Å². The third kappa shape index (κ3) is 4.63. The summed E-state index contributed by atoms with van der Waals surface area (Å²) in [5, 5.41) is 0. The standard InChI is InChI=1S/C25H27FN4O/c1-17-15-27-13-12-20(17)21-16-28-18(2)29-25(21)23-9-5-6-14-30(23)24(31)11-10-19-7-3-4-8-22(19)26/h3-4,7-8,12-13,15-16,23H,5-6,9-11,14H2,1-2H3. The summed E-state index contributed by atoms with van der Waals surface area (Å²) in [5.74, 6) is 0.476. The van der Waals surface area contributed by atoms with Crippen LogP contribution in [0, 0.1) is 19.7 Å². The van der Waals surface area contributed by atoms with Crippen LogP contribution in [-0.4, -0.2) is 32.3 Å². The molecule has 1 aliphatic heterocycles. The van der Waals surface area contributed by atoms with E-state index < -0.39 is 0 Å². The molecule has 1 atom stereocenters. The second kappa shape index (κ2) is 9.33. The van der Waals surface area contributed by atoms with Crippen LogP contribution in [0.1, 0.15) is 54.4 Å². The molecule has 0 aliphatic carbocycles. The molecule has 5 nitrogen and oxygen atoms in total. The Morgan fingerprint density at radius 2 is 1.97 bits per heavy atom. The zero-order valence-electron chi connectivity index (χ0n) is 18.0. The Balaban J connectivity index is 1.63. The number of aromatic nitrogens is 3. The normalized spacial score (nSPS) is 16.4. The van der Waals surface area contributed by atoms with Gasteiger partial charge in [0.05, 0.1) is 11.7 Å². The van der Waals surface area contributed by atoms with Gasteiger partial charge in [0, 0.05) is 37.1 Å². The van der Waals surface area contributed by atoms with E-state index in [9.17, 15) is 9.18 Å². The van der Waals surface area contributed by atoms with Gasteiger partial charge in [-0.15, -0.1) is 0 Å². The van der Waals surface area contributed by atoms with Gasteiger partial charge in [-0.1, -0.05) is 18.2 Å². The molecule has 0 spiro atoms. The lowest BCUT2D eigenvalue weighted by molar-refractivity contribution is -0.135. The molecule has 1 aliphatic rings. The summed E-state index contributed by atoms with van der Waals surface area (Å²) in [6, 6.07) is 8.53. The first kappa shape index (κ1) is 21.1. The van der Waals surface area contributed by atoms with Crippen LogP contribution >= 0.6 is 0 Å². The topological polar surface area (TPSA) is 59.0 Å². The number of carbonyl (C=O) groups excluding carboxylic acids is 1. The van der Waals surface area contributed by atoms with Crippen molar-refractivity contribution in [3.05, 3.63) is 77.4 Å². The van der Waals surface area contributed by atoms with E-state index in [1.807, 2.05) is 37.2 Å². The molecule has 1 saturated heterocycles. The first-order valence-electron chi connectivity index (χ1n) is 10.8. The third-order valence-corrected chi connectivity index (χ3v) is 5.95. The maximum atomic E-state index is 14.0. The van der Waals surface area contributed by atoms with Gasteiger partial charge < -0.3 is 4.90 Å². The van der Waals surface area contributed by atoms with Crippen LogP contribution in [0.3, 0.4) is 0 Å². The van der Waals surface area contributed by atoms with Gasteiger partial charge in [-0.2, -0.15) is 0 Å². The van der Waals surface area contributed by atoms with Gasteiger partial charge in [0.1, 0.15) is 11.6 Å². The molecule has 0 saturated carbocycles. The fourth-order valence-corrected chi connectivity index (χ4v) is 4.33. The first-order chi connectivity index (χ1) is 15.0. The summed E-state index contributed by atoms with van der Waals surface area (Å²) in [5.41, 5.74) is 4.50. The average molecular weight is 419 g/mol. The van der Waals surface area contributed by atoms with Gasteiger partial charge >= 0.3 is 0 Å². The van der Waals surface area contributed by atoms with Crippen LogP contribution in [0.2, 0.25) is 0 Å². The number of benzene rings is 1. The lowest BCUT2D eigenvalue weighted by atomic mass is 9.92. The highest BCUT2D eigenvalue weighted by Gasteiger charge is 2.31. The Kier molecular flexibility index (Phi) is 6.35. The summed E-state index contributed by atoms with van der Waals surface area (Å²) in [7, 11) is 0. The van der Waals surface area contributed by atoms with Gasteiger partial charge in [0.2, 0.25) is 5.91 Å². The Morgan fingerprint density at radius 1 is 1.13 bits per heavy atom. The van der Waals surface area contributed by atoms with Gasteiger partial charge in [-0.3, -0.25) is 9.78 Å². The molecule has 1 unspecified atom stereocenters. The Hall–Kier alpha value is -3.15. The lowest BCUT2D eigenvalue weighted by Gasteiger charge is -2.36. The van der Waals surface area contributed by atoms with Crippen LogP contribution < -0.4 is 0 Å². The minimum Gasteiger partial charge on any atom is -0.334 e. The molecule has 160 valence electrons. The summed E-state index contributed by atoms with van der Waals surface area (Å²) in [6.45, 7) is 4.59. The summed E-state index contributed by atoms with van der Waals surface area (Å²) in [6.07, 6.45) is 9.01. The second-order valence-electron chi connectivity index (χ2n) is 8.10. The molecule has 31 heavy (non-hydrogen) atoms. The summed E-state index contributed by atoms with van der Waals surface area (Å²) in [4.78, 5) is 28.6. The fraction of sp³-hybridized carbons (Fsp3) is 0.360. The predicted molar refractivity (Wildman–Crippen MR) is 118 cm³/mol. The highest BCUT2D eigenvalue weighted by atomic mass is 19.1. The fourth-order valence-electron chi connectivity index (χ4n) is 4.33. The van der Waals surface area contributed by atoms with E-state index in [1.165, 1.54) is 6.07 Å². The van der Waals surface area contributed by atoms with Crippen LogP contribution in [0.5, 0.6) is 0 Å². The predicted octanol–water partition coefficient (Wildman–Crippen LogP) is 4.98. The van der Waals surface area contributed by atoms with Gasteiger partial charge in [0.15, 0.2) is 0 Å². The highest BCUT2D eigenvalue weighted by molar-refractivity contribution is 5.78. The highest BCUT2D eigenvalue weighted by Crippen LogP contribution is 2.36. The monoisotopic (exact) mass is 418 g/mol. The van der Waals surface area contributed by atoms with E-state index in [1.54, 1.807) is 24.4 Å². The lowest BCUT2D eigenvalue weighted by Crippen LogP contribution is -2.39. The molecular weight excluding hydrogens is 391 g/mol. The van der Waals surface area contributed by atoms with Crippen molar-refractivity contribution in [1.29, 1.82) is 0 Å². The molecule has 4 rings (SSSR count). The van der Waals surface area contributed by atoms with Crippen molar-refractivity contribution in [3.63, 3.8) is 0 Å². The van der Waals surface area contributed by atoms with Crippen molar-refractivity contribution in [2.75, 3.05) is 6.54 Å². The molecule has 3 aromatic rings. The second-order valence-corrected chi connectivity index (χ2v) is 8.10. The van der Waals surface area contributed by atoms with Crippen molar-refractivity contribution >= 4 is 5.91 Å². The first-order valence-corrected chi connectivity index (χ1v) is 10.8. The largest absolute Gasteiger partial charge is 0.334 e. The molecule has 2 aromatic heterocycles. The zero-order valence-corrected chi connectivity index (χ0v) is 18.0. The van der Waals surface area contributed by atoms with E-state index in [0.717, 1.165) is 41.6 Å². The van der Waals surface area contributed by atoms with E-state index in [0.29, 0.717) is 24.4 Å². The van der Waals surface area contributed by atoms with Gasteiger partial charge in [0.25, 0.3) is 0 Å². The number of carbonyl (C=O) groups is 1. The summed E-state index contributed by atoms with van der Waals surface area (Å²) < 4.78 is 14.0. The number of hydrogen-bond donors (Lipinski definition) is 0. The smallest absolute Gasteiger partial charge is 0.223 e. The Morgan fingerprint density at radius 3 is 2.77 bits per heavy atom. The molecule has 0 radical (unpaired) electrons. The molecule has 6 heteroatoms. The quantitative estimate of drug-likeness (QED) is 0.586. The van der Waals surface area contributed by atoms with Crippen molar-refractivity contribution < 1.29 is 9.18 Å². The summed E-state index contributed by atoms with van der Waals surface area (Å²) >= 11 is 0. The number of aryl methyl sites for hydroxylation is 3. The van der Waals surface area contributed by atoms with Crippen molar-refractivity contribution in [2.45, 2.75) is 52.0 Å². The number of nitrogens with zero attached hydrogens (tertiary/aromatic N) is 4. The van der Waals surface area contributed by atoms with E-state index >= 15 is 0 Å². The van der Waals surface area contributed by atoms with Crippen molar-refractivity contribution in [2.24, 2.45) is 0 Å². The van der Waals surface area contributed by atoms with E-state index in [4.69, 9.17) is 4.98 Å². The molecule has 1 amide bonds. The molecule has 0 bridgehead atoms. The molecule has 3 heterocycles. The minimum absolute atomic E-state index is 0.0432. The maximum absolute atomic E-state index is 14.0. The van der Waals surface area contributed by atoms with Crippen molar-refractivity contribution in [1.82, 2.24) is 19.9 Å². The van der Waals surface area contributed by atoms with E-state index in [2.05, 4.69) is 9.97 Å². The van der Waals surface area contributed by atoms with Crippen LogP contribution in [0.25, 0.3) is 11.1 Å². The number of likely N-dealkylation sites (tertiary alicyclic amines) is 1. The molecule has 1 aromatic carbocycles. The molecule has 1 fully saturated rings. The number of amides is 1. The van der Waals surface area contributed by atoms with Gasteiger partial charge in [-0.25, -0.2) is 14.4 Å². The van der Waals surface area contributed by atoms with Crippen LogP contribution in [0.4, 0.5) is 4.39 Å².